The summed E-state index contributed by atoms with van der Waals surface area (Å²) in [5.74, 6) is 0.821. The van der Waals surface area contributed by atoms with E-state index in [9.17, 15) is 9.59 Å². The molecule has 0 unspecified atom stereocenters. The van der Waals surface area contributed by atoms with Gasteiger partial charge in [0.1, 0.15) is 12.2 Å². The summed E-state index contributed by atoms with van der Waals surface area (Å²) < 4.78 is 5.52. The average Bonchev–Trinajstić information content (AvgIpc) is 2.66. The molecule has 1 N–H and O–H groups in total. The summed E-state index contributed by atoms with van der Waals surface area (Å²) >= 11 is 0. The molecule has 1 saturated heterocycles. The van der Waals surface area contributed by atoms with Crippen LogP contribution < -0.4 is 10.1 Å². The van der Waals surface area contributed by atoms with Crippen LogP contribution in [0, 0.1) is 17.2 Å². The molecule has 6 heteroatoms. The second kappa shape index (κ2) is 10.4. The van der Waals surface area contributed by atoms with Gasteiger partial charge < -0.3 is 15.0 Å². The van der Waals surface area contributed by atoms with Gasteiger partial charge in [0.2, 0.25) is 5.91 Å². The number of piperidine rings is 1. The van der Waals surface area contributed by atoms with Gasteiger partial charge in [0.05, 0.1) is 6.07 Å². The number of rotatable bonds is 8. The lowest BCUT2D eigenvalue weighted by molar-refractivity contribution is -0.131. The van der Waals surface area contributed by atoms with Gasteiger partial charge >= 0.3 is 0 Å². The topological polar surface area (TPSA) is 82.4 Å². The number of ether oxygens (including phenoxy) is 1. The minimum absolute atomic E-state index is 0.00657. The third-order valence-corrected chi connectivity index (χ3v) is 4.62. The van der Waals surface area contributed by atoms with Crippen molar-refractivity contribution in [1.29, 1.82) is 5.26 Å². The molecule has 1 fully saturated rings. The Balaban J connectivity index is 1.63. The maximum absolute atomic E-state index is 11.9. The summed E-state index contributed by atoms with van der Waals surface area (Å²) in [5, 5.41) is 11.5. The number of carbonyl (C=O) groups is 2. The lowest BCUT2D eigenvalue weighted by Gasteiger charge is -2.31. The number of carbonyl (C=O) groups excluding carboxylic acids is 2. The fraction of sp³-hybridized carbons (Fsp3) is 0.550. The number of benzene rings is 1. The molecule has 140 valence electrons. The number of nitrogens with zero attached hydrogens (tertiary/aromatic N) is 2. The van der Waals surface area contributed by atoms with Crippen molar-refractivity contribution in [2.24, 2.45) is 5.92 Å². The normalized spacial score (nSPS) is 14.5. The van der Waals surface area contributed by atoms with E-state index in [4.69, 9.17) is 10.00 Å². The van der Waals surface area contributed by atoms with Crippen molar-refractivity contribution < 1.29 is 14.3 Å². The van der Waals surface area contributed by atoms with Crippen molar-refractivity contribution in [2.75, 3.05) is 26.2 Å². The van der Waals surface area contributed by atoms with Gasteiger partial charge in [-0.25, -0.2) is 0 Å². The number of likely N-dealkylation sites (tertiary alicyclic amines) is 1. The summed E-state index contributed by atoms with van der Waals surface area (Å²) in [6, 6.07) is 9.73. The molecule has 1 heterocycles. The second-order valence-electron chi connectivity index (χ2n) is 6.65. The molecule has 0 aromatic heterocycles. The molecule has 26 heavy (non-hydrogen) atoms. The summed E-state index contributed by atoms with van der Waals surface area (Å²) in [4.78, 5) is 25.3. The predicted molar refractivity (Wildman–Crippen MR) is 98.5 cm³/mol. The van der Waals surface area contributed by atoms with Gasteiger partial charge in [-0.05, 0) is 42.9 Å². The molecule has 1 aromatic carbocycles. The lowest BCUT2D eigenvalue weighted by atomic mass is 9.96. The molecule has 0 radical (unpaired) electrons. The molecule has 2 rings (SSSR count). The van der Waals surface area contributed by atoms with Crippen LogP contribution in [0.1, 0.15) is 38.2 Å². The number of amides is 2. The Morgan fingerprint density at radius 1 is 1.27 bits per heavy atom. The zero-order valence-electron chi connectivity index (χ0n) is 15.4. The van der Waals surface area contributed by atoms with Gasteiger partial charge in [-0.2, -0.15) is 5.26 Å². The van der Waals surface area contributed by atoms with E-state index in [2.05, 4.69) is 12.2 Å². The third kappa shape index (κ3) is 6.40. The maximum atomic E-state index is 11.9. The molecule has 0 aliphatic carbocycles. The first-order valence-electron chi connectivity index (χ1n) is 9.25. The molecule has 0 bridgehead atoms. The third-order valence-electron chi connectivity index (χ3n) is 4.62. The predicted octanol–water partition coefficient (Wildman–Crippen LogP) is 2.29. The standard InChI is InChI=1S/C20H27N3O3/c1-2-3-16-4-6-18(7-5-16)26-15-19(24)22-14-17-9-12-23(13-10-17)20(25)8-11-21/h4-7,17H,2-3,8-10,12-15H2,1H3,(H,22,24). The van der Waals surface area contributed by atoms with Crippen molar-refractivity contribution in [2.45, 2.75) is 39.0 Å². The largest absolute Gasteiger partial charge is 0.484 e. The first-order valence-corrected chi connectivity index (χ1v) is 9.25. The van der Waals surface area contributed by atoms with E-state index in [1.807, 2.05) is 30.3 Å². The smallest absolute Gasteiger partial charge is 0.257 e. The molecule has 0 spiro atoms. The minimum Gasteiger partial charge on any atom is -0.484 e. The SMILES string of the molecule is CCCc1ccc(OCC(=O)NCC2CCN(C(=O)CC#N)CC2)cc1. The zero-order chi connectivity index (χ0) is 18.8. The number of aryl methyl sites for hydroxylation is 1. The molecular weight excluding hydrogens is 330 g/mol. The first-order chi connectivity index (χ1) is 12.6. The van der Waals surface area contributed by atoms with Gasteiger partial charge in [-0.3, -0.25) is 9.59 Å². The fourth-order valence-corrected chi connectivity index (χ4v) is 3.07. The molecule has 0 atom stereocenters. The van der Waals surface area contributed by atoms with Crippen LogP contribution in [0.4, 0.5) is 0 Å². The van der Waals surface area contributed by atoms with Crippen LogP contribution >= 0.6 is 0 Å². The van der Waals surface area contributed by atoms with E-state index < -0.39 is 0 Å². The van der Waals surface area contributed by atoms with Crippen molar-refractivity contribution in [3.63, 3.8) is 0 Å². The second-order valence-corrected chi connectivity index (χ2v) is 6.65. The Bertz CT molecular complexity index is 629. The summed E-state index contributed by atoms with van der Waals surface area (Å²) in [6.45, 7) is 4.05. The molecule has 6 nitrogen and oxygen atoms in total. The molecule has 2 amide bonds. The van der Waals surface area contributed by atoms with Crippen LogP contribution in [0.2, 0.25) is 0 Å². The highest BCUT2D eigenvalue weighted by atomic mass is 16.5. The van der Waals surface area contributed by atoms with E-state index in [1.54, 1.807) is 4.90 Å². The Labute approximate surface area is 155 Å². The van der Waals surface area contributed by atoms with Gasteiger partial charge in [0.15, 0.2) is 6.61 Å². The van der Waals surface area contributed by atoms with E-state index in [1.165, 1.54) is 5.56 Å². The van der Waals surface area contributed by atoms with Gasteiger partial charge in [-0.15, -0.1) is 0 Å². The molecule has 1 aliphatic heterocycles. The molecule has 1 aromatic rings. The van der Waals surface area contributed by atoms with E-state index in [-0.39, 0.29) is 24.8 Å². The Kier molecular flexibility index (Phi) is 7.94. The Morgan fingerprint density at radius 2 is 1.96 bits per heavy atom. The van der Waals surface area contributed by atoms with E-state index in [0.29, 0.717) is 31.3 Å². The minimum atomic E-state index is -0.134. The Morgan fingerprint density at radius 3 is 2.58 bits per heavy atom. The van der Waals surface area contributed by atoms with Crippen LogP contribution in [0.5, 0.6) is 5.75 Å². The monoisotopic (exact) mass is 357 g/mol. The number of nitrogens with one attached hydrogen (secondary N) is 1. The van der Waals surface area contributed by atoms with Crippen molar-refractivity contribution in [3.8, 4) is 11.8 Å². The van der Waals surface area contributed by atoms with Crippen LogP contribution in [0.15, 0.2) is 24.3 Å². The quantitative estimate of drug-likeness (QED) is 0.774. The van der Waals surface area contributed by atoms with E-state index in [0.717, 1.165) is 25.7 Å². The molecule has 1 aliphatic rings. The zero-order valence-corrected chi connectivity index (χ0v) is 15.4. The van der Waals surface area contributed by atoms with Crippen LogP contribution in [0.3, 0.4) is 0 Å². The van der Waals surface area contributed by atoms with Crippen molar-refractivity contribution in [1.82, 2.24) is 10.2 Å². The fourth-order valence-electron chi connectivity index (χ4n) is 3.07. The highest BCUT2D eigenvalue weighted by Crippen LogP contribution is 2.17. The van der Waals surface area contributed by atoms with E-state index >= 15 is 0 Å². The van der Waals surface area contributed by atoms with Gasteiger partial charge in [0, 0.05) is 19.6 Å². The van der Waals surface area contributed by atoms with Crippen LogP contribution in [-0.2, 0) is 16.0 Å². The number of nitriles is 1. The maximum Gasteiger partial charge on any atom is 0.257 e. The summed E-state index contributed by atoms with van der Waals surface area (Å²) in [5.41, 5.74) is 1.27. The first kappa shape index (κ1) is 19.8. The van der Waals surface area contributed by atoms with Gasteiger partial charge in [0.25, 0.3) is 5.91 Å². The highest BCUT2D eigenvalue weighted by Gasteiger charge is 2.22. The van der Waals surface area contributed by atoms with Gasteiger partial charge in [-0.1, -0.05) is 25.5 Å². The average molecular weight is 357 g/mol. The lowest BCUT2D eigenvalue weighted by Crippen LogP contribution is -2.42. The molecule has 0 saturated carbocycles. The van der Waals surface area contributed by atoms with Crippen molar-refractivity contribution in [3.05, 3.63) is 29.8 Å². The summed E-state index contributed by atoms with van der Waals surface area (Å²) in [7, 11) is 0. The summed E-state index contributed by atoms with van der Waals surface area (Å²) in [6.07, 6.45) is 3.78. The molecular formula is C20H27N3O3. The highest BCUT2D eigenvalue weighted by molar-refractivity contribution is 5.78. The Hall–Kier alpha value is -2.55. The van der Waals surface area contributed by atoms with Crippen LogP contribution in [0.25, 0.3) is 0 Å². The number of hydrogen-bond donors (Lipinski definition) is 1. The van der Waals surface area contributed by atoms with Crippen molar-refractivity contribution >= 4 is 11.8 Å². The number of hydrogen-bond acceptors (Lipinski definition) is 4. The van der Waals surface area contributed by atoms with Crippen LogP contribution in [-0.4, -0.2) is 43.0 Å².